The molecule has 0 radical (unpaired) electrons. The maximum absolute atomic E-state index is 8.75. The summed E-state index contributed by atoms with van der Waals surface area (Å²) in [6.07, 6.45) is 0. The highest BCUT2D eigenvalue weighted by molar-refractivity contribution is 6.31. The van der Waals surface area contributed by atoms with Crippen LogP contribution in [-0.2, 0) is 13.1 Å². The van der Waals surface area contributed by atoms with Crippen LogP contribution in [0.2, 0.25) is 5.02 Å². The molecule has 0 fully saturated rings. The van der Waals surface area contributed by atoms with Gasteiger partial charge in [0.1, 0.15) is 0 Å². The Hall–Kier alpha value is -1.82. The highest BCUT2D eigenvalue weighted by atomic mass is 35.5. The van der Waals surface area contributed by atoms with Crippen LogP contribution in [0, 0.1) is 11.3 Å². The Morgan fingerprint density at radius 1 is 1.06 bits per heavy atom. The van der Waals surface area contributed by atoms with Crippen LogP contribution in [0.5, 0.6) is 0 Å². The lowest BCUT2D eigenvalue weighted by Gasteiger charge is -2.07. The molecule has 2 rings (SSSR count). The lowest BCUT2D eigenvalue weighted by Crippen LogP contribution is -2.12. The van der Waals surface area contributed by atoms with Crippen molar-refractivity contribution in [2.45, 2.75) is 13.1 Å². The van der Waals surface area contributed by atoms with Crippen LogP contribution in [0.25, 0.3) is 0 Å². The molecule has 0 heterocycles. The summed E-state index contributed by atoms with van der Waals surface area (Å²) < 4.78 is 0. The SMILES string of the molecule is N#Cc1ccc(CNCc2ccccc2)c(Cl)c1. The normalized spacial score (nSPS) is 10.0. The molecule has 2 nitrogen and oxygen atoms in total. The summed E-state index contributed by atoms with van der Waals surface area (Å²) in [7, 11) is 0. The molecule has 2 aromatic carbocycles. The first-order valence-corrected chi connectivity index (χ1v) is 6.10. The van der Waals surface area contributed by atoms with Crippen LogP contribution >= 0.6 is 11.6 Å². The van der Waals surface area contributed by atoms with Gasteiger partial charge in [-0.1, -0.05) is 48.0 Å². The third-order valence-electron chi connectivity index (χ3n) is 2.67. The molecule has 0 amide bonds. The molecule has 0 aliphatic carbocycles. The lowest BCUT2D eigenvalue weighted by atomic mass is 10.1. The van der Waals surface area contributed by atoms with E-state index in [2.05, 4.69) is 23.5 Å². The third-order valence-corrected chi connectivity index (χ3v) is 3.02. The molecular weight excluding hydrogens is 244 g/mol. The minimum Gasteiger partial charge on any atom is -0.309 e. The van der Waals surface area contributed by atoms with Gasteiger partial charge in [0.25, 0.3) is 0 Å². The van der Waals surface area contributed by atoms with Gasteiger partial charge in [-0.05, 0) is 23.3 Å². The van der Waals surface area contributed by atoms with Crippen LogP contribution in [0.3, 0.4) is 0 Å². The number of benzene rings is 2. The van der Waals surface area contributed by atoms with E-state index in [0.717, 1.165) is 12.1 Å². The maximum atomic E-state index is 8.75. The lowest BCUT2D eigenvalue weighted by molar-refractivity contribution is 0.693. The van der Waals surface area contributed by atoms with Crippen molar-refractivity contribution >= 4 is 11.6 Å². The summed E-state index contributed by atoms with van der Waals surface area (Å²) in [6, 6.07) is 17.6. The topological polar surface area (TPSA) is 35.8 Å². The van der Waals surface area contributed by atoms with Gasteiger partial charge in [0, 0.05) is 18.1 Å². The first kappa shape index (κ1) is 12.6. The Morgan fingerprint density at radius 2 is 1.83 bits per heavy atom. The maximum Gasteiger partial charge on any atom is 0.0992 e. The van der Waals surface area contributed by atoms with Crippen molar-refractivity contribution in [3.05, 3.63) is 70.2 Å². The summed E-state index contributed by atoms with van der Waals surface area (Å²) >= 11 is 6.10. The van der Waals surface area contributed by atoms with E-state index < -0.39 is 0 Å². The molecule has 2 aromatic rings. The molecular formula is C15H13ClN2. The molecule has 0 bridgehead atoms. The summed E-state index contributed by atoms with van der Waals surface area (Å²) in [5.41, 5.74) is 2.83. The molecule has 3 heteroatoms. The highest BCUT2D eigenvalue weighted by Crippen LogP contribution is 2.17. The predicted octanol–water partition coefficient (Wildman–Crippen LogP) is 3.50. The van der Waals surface area contributed by atoms with Crippen molar-refractivity contribution in [3.63, 3.8) is 0 Å². The molecule has 0 aromatic heterocycles. The molecule has 0 aliphatic heterocycles. The Labute approximate surface area is 112 Å². The number of hydrogen-bond donors (Lipinski definition) is 1. The largest absolute Gasteiger partial charge is 0.309 e. The Bertz CT molecular complexity index is 558. The van der Waals surface area contributed by atoms with Crippen LogP contribution in [0.15, 0.2) is 48.5 Å². The average Bonchev–Trinajstić information content (AvgIpc) is 2.42. The summed E-state index contributed by atoms with van der Waals surface area (Å²) in [5, 5.41) is 12.7. The predicted molar refractivity (Wildman–Crippen MR) is 73.2 cm³/mol. The van der Waals surface area contributed by atoms with Crippen molar-refractivity contribution in [2.24, 2.45) is 0 Å². The van der Waals surface area contributed by atoms with Crippen molar-refractivity contribution in [2.75, 3.05) is 0 Å². The Kier molecular flexibility index (Phi) is 4.35. The van der Waals surface area contributed by atoms with E-state index in [1.54, 1.807) is 12.1 Å². The number of halogens is 1. The van der Waals surface area contributed by atoms with Crippen molar-refractivity contribution < 1.29 is 0 Å². The summed E-state index contributed by atoms with van der Waals surface area (Å²) in [6.45, 7) is 1.50. The Morgan fingerprint density at radius 3 is 2.50 bits per heavy atom. The van der Waals surface area contributed by atoms with Crippen LogP contribution < -0.4 is 5.32 Å². The van der Waals surface area contributed by atoms with Crippen LogP contribution in [-0.4, -0.2) is 0 Å². The molecule has 0 saturated heterocycles. The molecule has 1 N–H and O–H groups in total. The van der Waals surface area contributed by atoms with Gasteiger partial charge in [-0.3, -0.25) is 0 Å². The smallest absolute Gasteiger partial charge is 0.0992 e. The Balaban J connectivity index is 1.93. The fourth-order valence-corrected chi connectivity index (χ4v) is 1.94. The molecule has 0 atom stereocenters. The first-order valence-electron chi connectivity index (χ1n) is 5.73. The van der Waals surface area contributed by atoms with E-state index in [4.69, 9.17) is 16.9 Å². The molecule has 0 saturated carbocycles. The van der Waals surface area contributed by atoms with E-state index >= 15 is 0 Å². The van der Waals surface area contributed by atoms with Gasteiger partial charge in [-0.25, -0.2) is 0 Å². The zero-order chi connectivity index (χ0) is 12.8. The number of nitriles is 1. The van der Waals surface area contributed by atoms with Gasteiger partial charge >= 0.3 is 0 Å². The minimum atomic E-state index is 0.590. The number of hydrogen-bond acceptors (Lipinski definition) is 2. The highest BCUT2D eigenvalue weighted by Gasteiger charge is 2.01. The van der Waals surface area contributed by atoms with Crippen LogP contribution in [0.4, 0.5) is 0 Å². The second-order valence-electron chi connectivity index (χ2n) is 4.01. The fraction of sp³-hybridized carbons (Fsp3) is 0.133. The van der Waals surface area contributed by atoms with E-state index in [-0.39, 0.29) is 0 Å². The van der Waals surface area contributed by atoms with Gasteiger partial charge in [0.05, 0.1) is 11.6 Å². The molecule has 0 unspecified atom stereocenters. The molecule has 90 valence electrons. The van der Waals surface area contributed by atoms with E-state index in [9.17, 15) is 0 Å². The van der Waals surface area contributed by atoms with Crippen molar-refractivity contribution in [3.8, 4) is 6.07 Å². The third kappa shape index (κ3) is 3.33. The van der Waals surface area contributed by atoms with Crippen molar-refractivity contribution in [1.82, 2.24) is 5.32 Å². The fourth-order valence-electron chi connectivity index (χ4n) is 1.70. The quantitative estimate of drug-likeness (QED) is 0.909. The van der Waals surface area contributed by atoms with Gasteiger partial charge in [-0.2, -0.15) is 5.26 Å². The molecule has 0 aliphatic rings. The minimum absolute atomic E-state index is 0.590. The van der Waals surface area contributed by atoms with Crippen LogP contribution in [0.1, 0.15) is 16.7 Å². The van der Waals surface area contributed by atoms with Gasteiger partial charge in [0.2, 0.25) is 0 Å². The zero-order valence-electron chi connectivity index (χ0n) is 9.86. The van der Waals surface area contributed by atoms with E-state index in [1.165, 1.54) is 5.56 Å². The summed E-state index contributed by atoms with van der Waals surface area (Å²) in [4.78, 5) is 0. The zero-order valence-corrected chi connectivity index (χ0v) is 10.6. The van der Waals surface area contributed by atoms with Gasteiger partial charge in [-0.15, -0.1) is 0 Å². The number of nitrogens with one attached hydrogen (secondary N) is 1. The first-order chi connectivity index (χ1) is 8.79. The second kappa shape index (κ2) is 6.20. The van der Waals surface area contributed by atoms with Crippen molar-refractivity contribution in [1.29, 1.82) is 5.26 Å². The number of nitrogens with zero attached hydrogens (tertiary/aromatic N) is 1. The molecule has 0 spiro atoms. The van der Waals surface area contributed by atoms with Gasteiger partial charge in [0.15, 0.2) is 0 Å². The standard InChI is InChI=1S/C15H13ClN2/c16-15-8-13(9-17)6-7-14(15)11-18-10-12-4-2-1-3-5-12/h1-8,18H,10-11H2. The average molecular weight is 257 g/mol. The van der Waals surface area contributed by atoms with E-state index in [1.807, 2.05) is 24.3 Å². The second-order valence-corrected chi connectivity index (χ2v) is 4.41. The van der Waals surface area contributed by atoms with E-state index in [0.29, 0.717) is 17.1 Å². The van der Waals surface area contributed by atoms with Gasteiger partial charge < -0.3 is 5.32 Å². The number of rotatable bonds is 4. The monoisotopic (exact) mass is 256 g/mol. The summed E-state index contributed by atoms with van der Waals surface area (Å²) in [5.74, 6) is 0. The molecule has 18 heavy (non-hydrogen) atoms.